The van der Waals surface area contributed by atoms with Gasteiger partial charge in [-0.3, -0.25) is 0 Å². The molecule has 2 rings (SSSR count). The molecule has 4 nitrogen and oxygen atoms in total. The van der Waals surface area contributed by atoms with E-state index in [1.54, 1.807) is 7.11 Å². The number of piperidine rings is 1. The summed E-state index contributed by atoms with van der Waals surface area (Å²) in [7, 11) is 1.67. The van der Waals surface area contributed by atoms with Crippen molar-refractivity contribution < 1.29 is 9.47 Å². The third-order valence-electron chi connectivity index (χ3n) is 3.59. The minimum Gasteiger partial charge on any atom is -0.497 e. The fraction of sp³-hybridized carbons (Fsp3) is 0.533. The normalized spacial score (nSPS) is 18.9. The van der Waals surface area contributed by atoms with E-state index in [0.717, 1.165) is 49.5 Å². The van der Waals surface area contributed by atoms with E-state index >= 15 is 0 Å². The van der Waals surface area contributed by atoms with Gasteiger partial charge in [0, 0.05) is 31.3 Å². The van der Waals surface area contributed by atoms with Crippen LogP contribution in [-0.2, 0) is 4.74 Å². The first-order valence-electron chi connectivity index (χ1n) is 7.00. The number of thiocarbonyl (C=S) groups is 1. The number of nitrogens with zero attached hydrogens (tertiary/aromatic N) is 1. The van der Waals surface area contributed by atoms with Crippen LogP contribution in [0.15, 0.2) is 18.2 Å². The third-order valence-corrected chi connectivity index (χ3v) is 3.81. The summed E-state index contributed by atoms with van der Waals surface area (Å²) in [5.74, 6) is 0.818. The first kappa shape index (κ1) is 15.1. The molecule has 1 aromatic carbocycles. The molecule has 2 N–H and O–H groups in total. The molecule has 0 amide bonds. The van der Waals surface area contributed by atoms with Crippen LogP contribution in [0.25, 0.3) is 0 Å². The van der Waals surface area contributed by atoms with Crippen LogP contribution in [0.4, 0.5) is 5.69 Å². The maximum atomic E-state index is 5.84. The summed E-state index contributed by atoms with van der Waals surface area (Å²) in [6.45, 7) is 4.65. The molecule has 1 heterocycles. The average molecular weight is 294 g/mol. The van der Waals surface area contributed by atoms with Crippen molar-refractivity contribution in [1.82, 2.24) is 0 Å². The van der Waals surface area contributed by atoms with Crippen LogP contribution in [0, 0.1) is 0 Å². The number of anilines is 1. The molecule has 110 valence electrons. The van der Waals surface area contributed by atoms with Crippen molar-refractivity contribution in [3.8, 4) is 5.75 Å². The number of methoxy groups -OCH3 is 1. The molecule has 1 fully saturated rings. The van der Waals surface area contributed by atoms with E-state index in [-0.39, 0.29) is 6.10 Å². The molecule has 0 bridgehead atoms. The first-order valence-corrected chi connectivity index (χ1v) is 7.41. The maximum Gasteiger partial charge on any atom is 0.120 e. The first-order chi connectivity index (χ1) is 9.65. The Morgan fingerprint density at radius 2 is 2.30 bits per heavy atom. The van der Waals surface area contributed by atoms with Crippen molar-refractivity contribution in [3.63, 3.8) is 0 Å². The fourth-order valence-electron chi connectivity index (χ4n) is 2.64. The van der Waals surface area contributed by atoms with Crippen molar-refractivity contribution in [3.05, 3.63) is 23.8 Å². The summed E-state index contributed by atoms with van der Waals surface area (Å²) in [6.07, 6.45) is 2.49. The molecule has 0 radical (unpaired) electrons. The molecular formula is C15H22N2O2S. The van der Waals surface area contributed by atoms with E-state index in [9.17, 15) is 0 Å². The van der Waals surface area contributed by atoms with Crippen LogP contribution in [0.5, 0.6) is 5.75 Å². The predicted octanol–water partition coefficient (Wildman–Crippen LogP) is 2.33. The van der Waals surface area contributed by atoms with Gasteiger partial charge in [-0.15, -0.1) is 0 Å². The Kier molecular flexibility index (Phi) is 5.20. The second-order valence-corrected chi connectivity index (χ2v) is 5.35. The fourth-order valence-corrected chi connectivity index (χ4v) is 2.81. The Morgan fingerprint density at radius 1 is 1.50 bits per heavy atom. The lowest BCUT2D eigenvalue weighted by atomic mass is 10.0. The molecule has 0 spiro atoms. The lowest BCUT2D eigenvalue weighted by Gasteiger charge is -2.35. The van der Waals surface area contributed by atoms with Crippen LogP contribution < -0.4 is 15.4 Å². The highest BCUT2D eigenvalue weighted by Crippen LogP contribution is 2.29. The van der Waals surface area contributed by atoms with Gasteiger partial charge in [0.05, 0.1) is 18.9 Å². The van der Waals surface area contributed by atoms with E-state index < -0.39 is 0 Å². The van der Waals surface area contributed by atoms with Gasteiger partial charge in [-0.25, -0.2) is 0 Å². The Morgan fingerprint density at radius 3 is 2.95 bits per heavy atom. The lowest BCUT2D eigenvalue weighted by Crippen LogP contribution is -2.40. The van der Waals surface area contributed by atoms with E-state index in [2.05, 4.69) is 4.90 Å². The van der Waals surface area contributed by atoms with Crippen LogP contribution in [0.1, 0.15) is 25.3 Å². The largest absolute Gasteiger partial charge is 0.497 e. The third kappa shape index (κ3) is 3.41. The van der Waals surface area contributed by atoms with E-state index in [0.29, 0.717) is 4.99 Å². The quantitative estimate of drug-likeness (QED) is 0.845. The lowest BCUT2D eigenvalue weighted by molar-refractivity contribution is 0.0526. The van der Waals surface area contributed by atoms with E-state index in [1.807, 2.05) is 25.1 Å². The van der Waals surface area contributed by atoms with Gasteiger partial charge in [-0.1, -0.05) is 12.2 Å². The van der Waals surface area contributed by atoms with Gasteiger partial charge < -0.3 is 20.1 Å². The van der Waals surface area contributed by atoms with Gasteiger partial charge >= 0.3 is 0 Å². The van der Waals surface area contributed by atoms with E-state index in [1.165, 1.54) is 0 Å². The number of ether oxygens (including phenoxy) is 2. The molecule has 1 atom stereocenters. The maximum absolute atomic E-state index is 5.84. The second kappa shape index (κ2) is 6.90. The van der Waals surface area contributed by atoms with Gasteiger partial charge in [0.2, 0.25) is 0 Å². The number of hydrogen-bond acceptors (Lipinski definition) is 4. The molecule has 1 aliphatic rings. The summed E-state index contributed by atoms with van der Waals surface area (Å²) in [5, 5.41) is 0. The molecule has 5 heteroatoms. The smallest absolute Gasteiger partial charge is 0.120 e. The Labute approximate surface area is 125 Å². The van der Waals surface area contributed by atoms with Crippen LogP contribution in [0.3, 0.4) is 0 Å². The topological polar surface area (TPSA) is 47.7 Å². The van der Waals surface area contributed by atoms with Crippen molar-refractivity contribution in [2.45, 2.75) is 25.9 Å². The molecular weight excluding hydrogens is 272 g/mol. The molecule has 1 saturated heterocycles. The van der Waals surface area contributed by atoms with Crippen LogP contribution in [-0.4, -0.2) is 37.9 Å². The molecule has 1 aromatic rings. The zero-order chi connectivity index (χ0) is 14.5. The summed E-state index contributed by atoms with van der Waals surface area (Å²) in [4.78, 5) is 2.71. The summed E-state index contributed by atoms with van der Waals surface area (Å²) < 4.78 is 11.1. The number of nitrogens with two attached hydrogens (primary N) is 1. The highest BCUT2D eigenvalue weighted by Gasteiger charge is 2.23. The monoisotopic (exact) mass is 294 g/mol. The Hall–Kier alpha value is -1.33. The van der Waals surface area contributed by atoms with Gasteiger partial charge in [-0.05, 0) is 31.9 Å². The highest BCUT2D eigenvalue weighted by atomic mass is 32.1. The summed E-state index contributed by atoms with van der Waals surface area (Å²) >= 11 is 5.16. The Bertz CT molecular complexity index is 477. The highest BCUT2D eigenvalue weighted by molar-refractivity contribution is 7.80. The minimum atomic E-state index is 0.277. The Balaban J connectivity index is 2.27. The standard InChI is InChI=1S/C15H22N2O2S/c1-3-19-12-5-4-8-17(10-12)14-9-11(18-2)6-7-13(14)15(16)20/h6-7,9,12H,3-5,8,10H2,1-2H3,(H2,16,20). The molecule has 1 aliphatic heterocycles. The summed E-state index contributed by atoms with van der Waals surface area (Å²) in [5.41, 5.74) is 7.78. The number of benzene rings is 1. The van der Waals surface area contributed by atoms with Crippen LogP contribution >= 0.6 is 12.2 Å². The molecule has 0 saturated carbocycles. The zero-order valence-corrected chi connectivity index (χ0v) is 12.9. The van der Waals surface area contributed by atoms with Gasteiger partial charge in [0.1, 0.15) is 10.7 Å². The van der Waals surface area contributed by atoms with Gasteiger partial charge in [0.25, 0.3) is 0 Å². The number of rotatable bonds is 5. The zero-order valence-electron chi connectivity index (χ0n) is 12.1. The molecule has 20 heavy (non-hydrogen) atoms. The van der Waals surface area contributed by atoms with Crippen molar-refractivity contribution in [2.24, 2.45) is 5.73 Å². The van der Waals surface area contributed by atoms with Crippen molar-refractivity contribution in [2.75, 3.05) is 31.7 Å². The van der Waals surface area contributed by atoms with Crippen LogP contribution in [0.2, 0.25) is 0 Å². The SMILES string of the molecule is CCOC1CCCN(c2cc(OC)ccc2C(N)=S)C1. The van der Waals surface area contributed by atoms with Gasteiger partial charge in [0.15, 0.2) is 0 Å². The minimum absolute atomic E-state index is 0.277. The van der Waals surface area contributed by atoms with Crippen molar-refractivity contribution in [1.29, 1.82) is 0 Å². The second-order valence-electron chi connectivity index (χ2n) is 4.91. The van der Waals surface area contributed by atoms with E-state index in [4.69, 9.17) is 27.4 Å². The van der Waals surface area contributed by atoms with Gasteiger partial charge in [-0.2, -0.15) is 0 Å². The molecule has 0 aliphatic carbocycles. The molecule has 1 unspecified atom stereocenters. The van der Waals surface area contributed by atoms with Crippen molar-refractivity contribution >= 4 is 22.9 Å². The molecule has 0 aromatic heterocycles. The number of hydrogen-bond donors (Lipinski definition) is 1. The summed E-state index contributed by atoms with van der Waals surface area (Å²) in [6, 6.07) is 5.82. The predicted molar refractivity (Wildman–Crippen MR) is 85.7 cm³/mol. The average Bonchev–Trinajstić information content (AvgIpc) is 2.47.